The summed E-state index contributed by atoms with van der Waals surface area (Å²) in [5, 5.41) is 8.87. The molecule has 12 heavy (non-hydrogen) atoms. The first-order chi connectivity index (χ1) is 5.74. The summed E-state index contributed by atoms with van der Waals surface area (Å²) in [4.78, 5) is 3.85. The van der Waals surface area contributed by atoms with Crippen LogP contribution in [0.15, 0.2) is 18.3 Å². The average molecular weight is 185 g/mol. The van der Waals surface area contributed by atoms with E-state index in [1.807, 2.05) is 0 Å². The van der Waals surface area contributed by atoms with E-state index in [1.54, 1.807) is 24.4 Å². The Morgan fingerprint density at radius 2 is 2.42 bits per heavy atom. The molecule has 1 rings (SSSR count). The maximum atomic E-state index is 8.50. The van der Waals surface area contributed by atoms with Crippen molar-refractivity contribution in [3.8, 4) is 0 Å². The highest BCUT2D eigenvalue weighted by Gasteiger charge is 1.95. The number of nitrogen functional groups attached to an aromatic ring is 1. The molecule has 1 aromatic heterocycles. The number of rotatable bonds is 2. The minimum Gasteiger partial charge on any atom is -0.398 e. The minimum absolute atomic E-state index is 0.0118. The number of anilines is 1. The molecule has 0 spiro atoms. The van der Waals surface area contributed by atoms with Gasteiger partial charge in [-0.1, -0.05) is 23.8 Å². The highest BCUT2D eigenvalue weighted by Crippen LogP contribution is 2.15. The van der Waals surface area contributed by atoms with Gasteiger partial charge in [-0.15, -0.1) is 0 Å². The summed E-state index contributed by atoms with van der Waals surface area (Å²) in [7, 11) is 0. The highest BCUT2D eigenvalue weighted by molar-refractivity contribution is 6.29. The molecule has 0 aliphatic carbocycles. The van der Waals surface area contributed by atoms with E-state index in [-0.39, 0.29) is 6.61 Å². The lowest BCUT2D eigenvalue weighted by atomic mass is 10.2. The molecule has 64 valence electrons. The predicted molar refractivity (Wildman–Crippen MR) is 49.8 cm³/mol. The Morgan fingerprint density at radius 3 is 3.00 bits per heavy atom. The molecular weight excluding hydrogens is 176 g/mol. The highest BCUT2D eigenvalue weighted by atomic mass is 35.5. The first-order valence-electron chi connectivity index (χ1n) is 3.42. The van der Waals surface area contributed by atoms with Gasteiger partial charge in [0.2, 0.25) is 0 Å². The maximum Gasteiger partial charge on any atom is 0.131 e. The Labute approximate surface area is 75.5 Å². The fourth-order valence-corrected chi connectivity index (χ4v) is 0.940. The van der Waals surface area contributed by atoms with Crippen LogP contribution in [0.1, 0.15) is 5.56 Å². The number of hydrogen-bond acceptors (Lipinski definition) is 3. The standard InChI is InChI=1S/C8H9ClN2O/c9-8-4-7(10)6(5-11-8)2-1-3-12/h1-2,4-5,12H,3H2,(H2,10,11). The molecule has 0 bridgehead atoms. The van der Waals surface area contributed by atoms with Crippen LogP contribution in [0.5, 0.6) is 0 Å². The average Bonchev–Trinajstić information content (AvgIpc) is 2.03. The van der Waals surface area contributed by atoms with E-state index in [2.05, 4.69) is 4.98 Å². The largest absolute Gasteiger partial charge is 0.398 e. The number of halogens is 1. The summed E-state index contributed by atoms with van der Waals surface area (Å²) < 4.78 is 0. The number of hydrogen-bond donors (Lipinski definition) is 2. The van der Waals surface area contributed by atoms with Crippen LogP contribution in [0.25, 0.3) is 6.08 Å². The molecular formula is C8H9ClN2O. The molecule has 0 saturated heterocycles. The zero-order chi connectivity index (χ0) is 8.97. The van der Waals surface area contributed by atoms with Gasteiger partial charge in [-0.2, -0.15) is 0 Å². The van der Waals surface area contributed by atoms with Crippen molar-refractivity contribution < 1.29 is 5.11 Å². The Kier molecular flexibility index (Phi) is 3.08. The predicted octanol–water partition coefficient (Wildman–Crippen LogP) is 1.32. The number of nitrogens with two attached hydrogens (primary N) is 1. The molecule has 1 heterocycles. The van der Waals surface area contributed by atoms with Crippen LogP contribution in [-0.4, -0.2) is 16.7 Å². The topological polar surface area (TPSA) is 59.1 Å². The van der Waals surface area contributed by atoms with Crippen LogP contribution < -0.4 is 5.73 Å². The second-order valence-corrected chi connectivity index (χ2v) is 2.61. The van der Waals surface area contributed by atoms with Crippen LogP contribution in [-0.2, 0) is 0 Å². The van der Waals surface area contributed by atoms with E-state index in [9.17, 15) is 0 Å². The monoisotopic (exact) mass is 184 g/mol. The zero-order valence-corrected chi connectivity index (χ0v) is 7.12. The van der Waals surface area contributed by atoms with Gasteiger partial charge in [0, 0.05) is 17.4 Å². The quantitative estimate of drug-likeness (QED) is 0.682. The number of nitrogens with zero attached hydrogens (tertiary/aromatic N) is 1. The third-order valence-electron chi connectivity index (χ3n) is 1.34. The van der Waals surface area contributed by atoms with Gasteiger partial charge >= 0.3 is 0 Å². The van der Waals surface area contributed by atoms with Gasteiger partial charge in [0.1, 0.15) is 5.15 Å². The van der Waals surface area contributed by atoms with Crippen LogP contribution in [0, 0.1) is 0 Å². The van der Waals surface area contributed by atoms with Crippen molar-refractivity contribution in [1.29, 1.82) is 0 Å². The molecule has 0 amide bonds. The van der Waals surface area contributed by atoms with E-state index in [4.69, 9.17) is 22.4 Å². The SMILES string of the molecule is Nc1cc(Cl)ncc1C=CCO. The summed E-state index contributed by atoms with van der Waals surface area (Å²) in [6.45, 7) is -0.0118. The molecule has 3 N–H and O–H groups in total. The van der Waals surface area contributed by atoms with Crippen LogP contribution in [0.2, 0.25) is 5.15 Å². The summed E-state index contributed by atoms with van der Waals surface area (Å²) in [6.07, 6.45) is 4.84. The number of aromatic nitrogens is 1. The lowest BCUT2D eigenvalue weighted by Crippen LogP contribution is -1.90. The second-order valence-electron chi connectivity index (χ2n) is 2.22. The minimum atomic E-state index is -0.0118. The van der Waals surface area contributed by atoms with Gasteiger partial charge in [-0.25, -0.2) is 4.98 Å². The number of aliphatic hydroxyl groups excluding tert-OH is 1. The molecule has 0 aliphatic rings. The van der Waals surface area contributed by atoms with Crippen molar-refractivity contribution in [1.82, 2.24) is 4.98 Å². The van der Waals surface area contributed by atoms with Gasteiger partial charge in [0.05, 0.1) is 6.61 Å². The zero-order valence-electron chi connectivity index (χ0n) is 6.37. The van der Waals surface area contributed by atoms with Crippen LogP contribution in [0.4, 0.5) is 5.69 Å². The Bertz CT molecular complexity index is 299. The van der Waals surface area contributed by atoms with Gasteiger partial charge < -0.3 is 10.8 Å². The van der Waals surface area contributed by atoms with Crippen molar-refractivity contribution in [2.75, 3.05) is 12.3 Å². The van der Waals surface area contributed by atoms with Crippen LogP contribution >= 0.6 is 11.6 Å². The summed E-state index contributed by atoms with van der Waals surface area (Å²) in [5.41, 5.74) is 6.92. The third-order valence-corrected chi connectivity index (χ3v) is 1.54. The Hall–Kier alpha value is -1.06. The third kappa shape index (κ3) is 2.22. The molecule has 0 unspecified atom stereocenters. The van der Waals surface area contributed by atoms with Crippen molar-refractivity contribution in [3.63, 3.8) is 0 Å². The first-order valence-corrected chi connectivity index (χ1v) is 3.80. The lowest BCUT2D eigenvalue weighted by molar-refractivity contribution is 0.343. The van der Waals surface area contributed by atoms with E-state index in [1.165, 1.54) is 0 Å². The van der Waals surface area contributed by atoms with Crippen molar-refractivity contribution in [3.05, 3.63) is 29.1 Å². The van der Waals surface area contributed by atoms with E-state index >= 15 is 0 Å². The molecule has 0 atom stereocenters. The fraction of sp³-hybridized carbons (Fsp3) is 0.125. The Balaban J connectivity index is 2.94. The molecule has 0 aromatic carbocycles. The van der Waals surface area contributed by atoms with Gasteiger partial charge in [0.25, 0.3) is 0 Å². The normalized spacial score (nSPS) is 10.8. The van der Waals surface area contributed by atoms with E-state index in [0.29, 0.717) is 10.8 Å². The maximum absolute atomic E-state index is 8.50. The van der Waals surface area contributed by atoms with Crippen molar-refractivity contribution in [2.24, 2.45) is 0 Å². The number of pyridine rings is 1. The molecule has 0 saturated carbocycles. The van der Waals surface area contributed by atoms with Crippen molar-refractivity contribution in [2.45, 2.75) is 0 Å². The molecule has 4 heteroatoms. The lowest BCUT2D eigenvalue weighted by Gasteiger charge is -1.98. The van der Waals surface area contributed by atoms with Gasteiger partial charge in [-0.05, 0) is 6.07 Å². The van der Waals surface area contributed by atoms with Crippen molar-refractivity contribution >= 4 is 23.4 Å². The first kappa shape index (κ1) is 9.03. The van der Waals surface area contributed by atoms with Gasteiger partial charge in [0.15, 0.2) is 0 Å². The summed E-state index contributed by atoms with van der Waals surface area (Å²) in [6, 6.07) is 1.57. The number of aliphatic hydroxyl groups is 1. The second kappa shape index (κ2) is 4.09. The van der Waals surface area contributed by atoms with Gasteiger partial charge in [-0.3, -0.25) is 0 Å². The molecule has 3 nitrogen and oxygen atoms in total. The smallest absolute Gasteiger partial charge is 0.131 e. The summed E-state index contributed by atoms with van der Waals surface area (Å²) in [5.74, 6) is 0. The van der Waals surface area contributed by atoms with E-state index in [0.717, 1.165) is 5.56 Å². The fourth-order valence-electron chi connectivity index (χ4n) is 0.774. The van der Waals surface area contributed by atoms with Crippen LogP contribution in [0.3, 0.4) is 0 Å². The molecule has 0 fully saturated rings. The summed E-state index contributed by atoms with van der Waals surface area (Å²) >= 11 is 5.59. The molecule has 0 aliphatic heterocycles. The Morgan fingerprint density at radius 1 is 1.67 bits per heavy atom. The molecule has 0 radical (unpaired) electrons. The van der Waals surface area contributed by atoms with E-state index < -0.39 is 0 Å². The molecule has 1 aromatic rings.